The highest BCUT2D eigenvalue weighted by Gasteiger charge is 2.37. The Morgan fingerprint density at radius 2 is 2.00 bits per heavy atom. The summed E-state index contributed by atoms with van der Waals surface area (Å²) in [6, 6.07) is 1.76. The van der Waals surface area contributed by atoms with E-state index in [2.05, 4.69) is 5.32 Å². The minimum absolute atomic E-state index is 0.132. The van der Waals surface area contributed by atoms with Gasteiger partial charge in [-0.2, -0.15) is 13.2 Å². The van der Waals surface area contributed by atoms with Crippen LogP contribution in [-0.4, -0.2) is 11.0 Å². The molecular weight excluding hydrogens is 211 g/mol. The van der Waals surface area contributed by atoms with Crippen molar-refractivity contribution in [3.8, 4) is 5.75 Å². The number of halogens is 3. The molecule has 1 aliphatic rings. The first kappa shape index (κ1) is 9.82. The third-order valence-corrected chi connectivity index (χ3v) is 2.13. The molecule has 0 aliphatic carbocycles. The van der Waals surface area contributed by atoms with Gasteiger partial charge in [0.2, 0.25) is 5.91 Å². The number of hydrogen-bond donors (Lipinski definition) is 2. The molecule has 0 saturated carbocycles. The molecule has 1 aliphatic heterocycles. The number of amides is 1. The highest BCUT2D eigenvalue weighted by Crippen LogP contribution is 2.41. The number of alkyl halides is 3. The number of benzene rings is 1. The largest absolute Gasteiger partial charge is 0.508 e. The maximum Gasteiger partial charge on any atom is 0.418 e. The van der Waals surface area contributed by atoms with Gasteiger partial charge in [0.15, 0.2) is 0 Å². The molecule has 80 valence electrons. The van der Waals surface area contributed by atoms with E-state index in [0.717, 1.165) is 6.07 Å². The number of phenolic OH excluding ortho intramolecular Hbond substituents is 1. The molecule has 3 nitrogen and oxygen atoms in total. The summed E-state index contributed by atoms with van der Waals surface area (Å²) in [5.41, 5.74) is -1.08. The summed E-state index contributed by atoms with van der Waals surface area (Å²) in [7, 11) is 0. The summed E-state index contributed by atoms with van der Waals surface area (Å²) < 4.78 is 37.5. The Kier molecular flexibility index (Phi) is 1.89. The average molecular weight is 217 g/mol. The van der Waals surface area contributed by atoms with Gasteiger partial charge in [0.05, 0.1) is 17.7 Å². The molecule has 0 atom stereocenters. The zero-order chi connectivity index (χ0) is 11.2. The highest BCUT2D eigenvalue weighted by atomic mass is 19.4. The van der Waals surface area contributed by atoms with E-state index >= 15 is 0 Å². The Hall–Kier alpha value is -1.72. The minimum atomic E-state index is -4.58. The van der Waals surface area contributed by atoms with Crippen LogP contribution >= 0.6 is 0 Å². The van der Waals surface area contributed by atoms with Crippen molar-refractivity contribution < 1.29 is 23.1 Å². The fraction of sp³-hybridized carbons (Fsp3) is 0.222. The number of anilines is 1. The second kappa shape index (κ2) is 2.88. The van der Waals surface area contributed by atoms with Crippen molar-refractivity contribution in [2.75, 3.05) is 5.32 Å². The van der Waals surface area contributed by atoms with Gasteiger partial charge in [-0.15, -0.1) is 0 Å². The number of hydrogen-bond acceptors (Lipinski definition) is 2. The van der Waals surface area contributed by atoms with Gasteiger partial charge in [-0.05, 0) is 17.7 Å². The number of carbonyl (C=O) groups is 1. The molecule has 6 heteroatoms. The summed E-state index contributed by atoms with van der Waals surface area (Å²) in [5.74, 6) is -0.987. The first-order valence-electron chi connectivity index (χ1n) is 4.11. The lowest BCUT2D eigenvalue weighted by Crippen LogP contribution is -2.10. The Balaban J connectivity index is 2.62. The topological polar surface area (TPSA) is 49.3 Å². The van der Waals surface area contributed by atoms with E-state index in [9.17, 15) is 18.0 Å². The van der Waals surface area contributed by atoms with Crippen LogP contribution in [0.5, 0.6) is 5.75 Å². The molecule has 2 rings (SSSR count). The number of fused-ring (bicyclic) bond motifs is 1. The molecule has 1 amide bonds. The number of rotatable bonds is 0. The van der Waals surface area contributed by atoms with Crippen molar-refractivity contribution in [3.63, 3.8) is 0 Å². The van der Waals surface area contributed by atoms with E-state index in [1.165, 1.54) is 0 Å². The van der Waals surface area contributed by atoms with Crippen molar-refractivity contribution in [2.45, 2.75) is 12.6 Å². The van der Waals surface area contributed by atoms with Crippen LogP contribution in [-0.2, 0) is 17.4 Å². The first-order valence-corrected chi connectivity index (χ1v) is 4.11. The van der Waals surface area contributed by atoms with Crippen LogP contribution in [0.3, 0.4) is 0 Å². The maximum absolute atomic E-state index is 12.5. The second-order valence-corrected chi connectivity index (χ2v) is 3.25. The first-order chi connectivity index (χ1) is 6.88. The molecule has 0 unspecified atom stereocenters. The van der Waals surface area contributed by atoms with Crippen LogP contribution < -0.4 is 5.32 Å². The van der Waals surface area contributed by atoms with Crippen molar-refractivity contribution in [2.24, 2.45) is 0 Å². The molecule has 1 aromatic carbocycles. The third-order valence-electron chi connectivity index (χ3n) is 2.13. The van der Waals surface area contributed by atoms with Crippen LogP contribution in [0.2, 0.25) is 0 Å². The smallest absolute Gasteiger partial charge is 0.418 e. The zero-order valence-corrected chi connectivity index (χ0v) is 7.35. The number of nitrogens with one attached hydrogen (secondary N) is 1. The predicted molar refractivity (Wildman–Crippen MR) is 45.4 cm³/mol. The van der Waals surface area contributed by atoms with Gasteiger partial charge >= 0.3 is 6.18 Å². The Bertz CT molecular complexity index is 440. The molecule has 0 aromatic heterocycles. The molecule has 2 N–H and O–H groups in total. The molecule has 15 heavy (non-hydrogen) atoms. The monoisotopic (exact) mass is 217 g/mol. The van der Waals surface area contributed by atoms with Gasteiger partial charge in [-0.1, -0.05) is 0 Å². The summed E-state index contributed by atoms with van der Waals surface area (Å²) in [6.45, 7) is 0. The van der Waals surface area contributed by atoms with Gasteiger partial charge < -0.3 is 10.4 Å². The van der Waals surface area contributed by atoms with Crippen LogP contribution in [0.1, 0.15) is 11.1 Å². The van der Waals surface area contributed by atoms with Crippen molar-refractivity contribution >= 4 is 11.6 Å². The van der Waals surface area contributed by atoms with E-state index in [4.69, 9.17) is 5.11 Å². The zero-order valence-electron chi connectivity index (χ0n) is 7.35. The van der Waals surface area contributed by atoms with Crippen LogP contribution in [0.15, 0.2) is 12.1 Å². The SMILES string of the molecule is O=C1Cc2cc(O)cc(C(F)(F)F)c2N1. The number of aromatic hydroxyl groups is 1. The van der Waals surface area contributed by atoms with Crippen LogP contribution in [0, 0.1) is 0 Å². The molecule has 1 aromatic rings. The third kappa shape index (κ3) is 1.62. The van der Waals surface area contributed by atoms with Gasteiger partial charge in [0, 0.05) is 0 Å². The average Bonchev–Trinajstić information content (AvgIpc) is 2.41. The maximum atomic E-state index is 12.5. The van der Waals surface area contributed by atoms with E-state index in [-0.39, 0.29) is 17.7 Å². The van der Waals surface area contributed by atoms with Gasteiger partial charge in [-0.25, -0.2) is 0 Å². The van der Waals surface area contributed by atoms with Crippen molar-refractivity contribution in [3.05, 3.63) is 23.3 Å². The van der Waals surface area contributed by atoms with Crippen LogP contribution in [0.25, 0.3) is 0 Å². The molecule has 0 saturated heterocycles. The predicted octanol–water partition coefficient (Wildman–Crippen LogP) is 1.91. The highest BCUT2D eigenvalue weighted by molar-refractivity contribution is 6.00. The van der Waals surface area contributed by atoms with Gasteiger partial charge in [0.1, 0.15) is 5.75 Å². The number of carbonyl (C=O) groups excluding carboxylic acids is 1. The molecule has 1 heterocycles. The van der Waals surface area contributed by atoms with Gasteiger partial charge in [-0.3, -0.25) is 4.79 Å². The molecular formula is C9H6F3NO2. The fourth-order valence-corrected chi connectivity index (χ4v) is 1.55. The standard InChI is InChI=1S/C9H6F3NO2/c10-9(11,12)6-3-5(14)1-4-2-7(15)13-8(4)6/h1,3,14H,2H2,(H,13,15). The summed E-state index contributed by atoms with van der Waals surface area (Å²) in [5, 5.41) is 11.2. The lowest BCUT2D eigenvalue weighted by atomic mass is 10.1. The van der Waals surface area contributed by atoms with E-state index < -0.39 is 23.4 Å². The van der Waals surface area contributed by atoms with E-state index in [1.807, 2.05) is 0 Å². The van der Waals surface area contributed by atoms with E-state index in [1.54, 1.807) is 0 Å². The quantitative estimate of drug-likeness (QED) is 0.652. The number of phenols is 1. The normalized spacial score (nSPS) is 15.0. The second-order valence-electron chi connectivity index (χ2n) is 3.25. The van der Waals surface area contributed by atoms with Crippen molar-refractivity contribution in [1.82, 2.24) is 0 Å². The Morgan fingerprint density at radius 1 is 1.33 bits per heavy atom. The minimum Gasteiger partial charge on any atom is -0.508 e. The lowest BCUT2D eigenvalue weighted by molar-refractivity contribution is -0.137. The Labute approximate surface area is 82.5 Å². The molecule has 0 bridgehead atoms. The van der Waals surface area contributed by atoms with Gasteiger partial charge in [0.25, 0.3) is 0 Å². The summed E-state index contributed by atoms with van der Waals surface area (Å²) >= 11 is 0. The summed E-state index contributed by atoms with van der Waals surface area (Å²) in [6.07, 6.45) is -4.72. The summed E-state index contributed by atoms with van der Waals surface area (Å²) in [4.78, 5) is 10.9. The lowest BCUT2D eigenvalue weighted by Gasteiger charge is -2.11. The fourth-order valence-electron chi connectivity index (χ4n) is 1.55. The van der Waals surface area contributed by atoms with Crippen molar-refractivity contribution in [1.29, 1.82) is 0 Å². The van der Waals surface area contributed by atoms with E-state index in [0.29, 0.717) is 6.07 Å². The molecule has 0 radical (unpaired) electrons. The molecule has 0 spiro atoms. The molecule has 0 fully saturated rings. The Morgan fingerprint density at radius 3 is 2.60 bits per heavy atom. The van der Waals surface area contributed by atoms with Crippen LogP contribution in [0.4, 0.5) is 18.9 Å².